The van der Waals surface area contributed by atoms with Gasteiger partial charge in [0, 0.05) is 11.1 Å². The van der Waals surface area contributed by atoms with Gasteiger partial charge in [-0.2, -0.15) is 0 Å². The van der Waals surface area contributed by atoms with Crippen LogP contribution in [0.4, 0.5) is 5.69 Å². The van der Waals surface area contributed by atoms with Crippen molar-refractivity contribution in [3.05, 3.63) is 101 Å². The molecule has 1 amide bonds. The van der Waals surface area contributed by atoms with Gasteiger partial charge in [0.2, 0.25) is 5.43 Å². The van der Waals surface area contributed by atoms with Crippen molar-refractivity contribution in [2.75, 3.05) is 19.0 Å². The highest BCUT2D eigenvalue weighted by Gasteiger charge is 2.19. The SMILES string of the molecule is COc1ccc(-c2c(OCC(=O)Nc3cccc4ccccc34)oc3ccccc3c2=O)cc1. The number of carbonyl (C=O) groups excluding carboxylic acids is 1. The minimum Gasteiger partial charge on any atom is -0.497 e. The molecule has 1 N–H and O–H groups in total. The summed E-state index contributed by atoms with van der Waals surface area (Å²) in [6, 6.07) is 27.4. The number of ether oxygens (including phenoxy) is 2. The summed E-state index contributed by atoms with van der Waals surface area (Å²) in [5.74, 6) is 0.278. The van der Waals surface area contributed by atoms with Crippen LogP contribution in [0.3, 0.4) is 0 Å². The van der Waals surface area contributed by atoms with E-state index in [-0.39, 0.29) is 29.5 Å². The first-order chi connectivity index (χ1) is 16.6. The Morgan fingerprint density at radius 3 is 2.35 bits per heavy atom. The molecule has 0 saturated heterocycles. The number of benzene rings is 4. The topological polar surface area (TPSA) is 77.8 Å². The highest BCUT2D eigenvalue weighted by atomic mass is 16.6. The molecule has 168 valence electrons. The van der Waals surface area contributed by atoms with E-state index in [4.69, 9.17) is 13.9 Å². The molecule has 6 nitrogen and oxygen atoms in total. The van der Waals surface area contributed by atoms with E-state index in [2.05, 4.69) is 5.32 Å². The maximum Gasteiger partial charge on any atom is 0.297 e. The zero-order valence-electron chi connectivity index (χ0n) is 18.4. The molecule has 0 aliphatic rings. The summed E-state index contributed by atoms with van der Waals surface area (Å²) >= 11 is 0. The minimum atomic E-state index is -0.368. The van der Waals surface area contributed by atoms with Crippen molar-refractivity contribution < 1.29 is 18.7 Å². The van der Waals surface area contributed by atoms with E-state index < -0.39 is 0 Å². The third kappa shape index (κ3) is 4.09. The zero-order valence-corrected chi connectivity index (χ0v) is 18.4. The number of carbonyl (C=O) groups is 1. The number of rotatable bonds is 6. The Morgan fingerprint density at radius 2 is 1.56 bits per heavy atom. The number of hydrogen-bond acceptors (Lipinski definition) is 5. The van der Waals surface area contributed by atoms with Crippen LogP contribution in [0.15, 0.2) is 100 Å². The van der Waals surface area contributed by atoms with E-state index >= 15 is 0 Å². The van der Waals surface area contributed by atoms with Gasteiger partial charge < -0.3 is 19.2 Å². The van der Waals surface area contributed by atoms with Crippen LogP contribution in [0.2, 0.25) is 0 Å². The largest absolute Gasteiger partial charge is 0.497 e. The van der Waals surface area contributed by atoms with Crippen LogP contribution < -0.4 is 20.2 Å². The van der Waals surface area contributed by atoms with Crippen LogP contribution in [-0.4, -0.2) is 19.6 Å². The molecule has 6 heteroatoms. The Balaban J connectivity index is 1.46. The first kappa shape index (κ1) is 21.3. The van der Waals surface area contributed by atoms with E-state index in [0.717, 1.165) is 10.8 Å². The molecule has 0 unspecified atom stereocenters. The van der Waals surface area contributed by atoms with Gasteiger partial charge >= 0.3 is 0 Å². The number of fused-ring (bicyclic) bond motifs is 2. The Bertz CT molecular complexity index is 1550. The zero-order chi connectivity index (χ0) is 23.5. The monoisotopic (exact) mass is 451 g/mol. The summed E-state index contributed by atoms with van der Waals surface area (Å²) in [5, 5.41) is 5.26. The molecule has 0 atom stereocenters. The average Bonchev–Trinajstić information content (AvgIpc) is 2.88. The standard InChI is InChI=1S/C28H21NO5/c1-32-20-15-13-19(14-16-20)26-27(31)22-10-4-5-12-24(22)34-28(26)33-17-25(30)29-23-11-6-8-18-7-2-3-9-21(18)23/h2-16H,17H2,1H3,(H,29,30). The average molecular weight is 451 g/mol. The number of amides is 1. The lowest BCUT2D eigenvalue weighted by Gasteiger charge is -2.12. The highest BCUT2D eigenvalue weighted by molar-refractivity contribution is 6.02. The van der Waals surface area contributed by atoms with Crippen LogP contribution in [0.25, 0.3) is 32.9 Å². The Labute approximate surface area is 195 Å². The van der Waals surface area contributed by atoms with Crippen molar-refractivity contribution >= 4 is 33.3 Å². The molecule has 4 aromatic carbocycles. The predicted octanol–water partition coefficient (Wildman–Crippen LogP) is 5.64. The third-order valence-corrected chi connectivity index (χ3v) is 5.54. The number of hydrogen-bond donors (Lipinski definition) is 1. The summed E-state index contributed by atoms with van der Waals surface area (Å²) in [4.78, 5) is 26.1. The van der Waals surface area contributed by atoms with Crippen LogP contribution in [0.1, 0.15) is 0 Å². The number of para-hydroxylation sites is 1. The highest BCUT2D eigenvalue weighted by Crippen LogP contribution is 2.31. The molecule has 0 aliphatic heterocycles. The first-order valence-corrected chi connectivity index (χ1v) is 10.7. The van der Waals surface area contributed by atoms with Crippen LogP contribution in [0.5, 0.6) is 11.7 Å². The quantitative estimate of drug-likeness (QED) is 0.362. The molecule has 1 heterocycles. The molecule has 0 radical (unpaired) electrons. The molecule has 0 spiro atoms. The van der Waals surface area contributed by atoms with Crippen molar-refractivity contribution in [3.63, 3.8) is 0 Å². The fourth-order valence-corrected chi connectivity index (χ4v) is 3.88. The van der Waals surface area contributed by atoms with Gasteiger partial charge in [0.1, 0.15) is 16.9 Å². The lowest BCUT2D eigenvalue weighted by atomic mass is 10.0. The summed E-state index contributed by atoms with van der Waals surface area (Å²) < 4.78 is 16.9. The Hall–Kier alpha value is -4.58. The van der Waals surface area contributed by atoms with Crippen LogP contribution in [-0.2, 0) is 4.79 Å². The molecule has 0 bridgehead atoms. The molecule has 5 rings (SSSR count). The van der Waals surface area contributed by atoms with Gasteiger partial charge in [-0.25, -0.2) is 0 Å². The van der Waals surface area contributed by atoms with Gasteiger partial charge in [-0.05, 0) is 41.3 Å². The van der Waals surface area contributed by atoms with Crippen molar-refractivity contribution in [2.24, 2.45) is 0 Å². The minimum absolute atomic E-state index is 0.0121. The van der Waals surface area contributed by atoms with E-state index in [9.17, 15) is 9.59 Å². The summed E-state index contributed by atoms with van der Waals surface area (Å²) in [5.41, 5.74) is 1.68. The lowest BCUT2D eigenvalue weighted by Crippen LogP contribution is -2.21. The van der Waals surface area contributed by atoms with Gasteiger partial charge in [-0.15, -0.1) is 0 Å². The van der Waals surface area contributed by atoms with Gasteiger partial charge in [-0.1, -0.05) is 60.7 Å². The second kappa shape index (κ2) is 9.11. The normalized spacial score (nSPS) is 10.9. The third-order valence-electron chi connectivity index (χ3n) is 5.54. The maximum atomic E-state index is 13.3. The van der Waals surface area contributed by atoms with Crippen LogP contribution in [0, 0.1) is 0 Å². The van der Waals surface area contributed by atoms with Crippen molar-refractivity contribution in [1.82, 2.24) is 0 Å². The second-order valence-corrected chi connectivity index (χ2v) is 7.68. The summed E-state index contributed by atoms with van der Waals surface area (Å²) in [6.45, 7) is -0.326. The smallest absolute Gasteiger partial charge is 0.297 e. The van der Waals surface area contributed by atoms with E-state index in [1.807, 2.05) is 42.5 Å². The molecule has 0 aliphatic carbocycles. The fraction of sp³-hybridized carbons (Fsp3) is 0.0714. The van der Waals surface area contributed by atoms with Crippen molar-refractivity contribution in [1.29, 1.82) is 0 Å². The number of nitrogens with one attached hydrogen (secondary N) is 1. The van der Waals surface area contributed by atoms with Gasteiger partial charge in [-0.3, -0.25) is 9.59 Å². The number of anilines is 1. The van der Waals surface area contributed by atoms with E-state index in [1.54, 1.807) is 55.6 Å². The first-order valence-electron chi connectivity index (χ1n) is 10.7. The summed E-state index contributed by atoms with van der Waals surface area (Å²) in [7, 11) is 1.57. The van der Waals surface area contributed by atoms with Gasteiger partial charge in [0.25, 0.3) is 11.9 Å². The van der Waals surface area contributed by atoms with Crippen LogP contribution >= 0.6 is 0 Å². The fourth-order valence-electron chi connectivity index (χ4n) is 3.88. The Kier molecular flexibility index (Phi) is 5.70. The summed E-state index contributed by atoms with van der Waals surface area (Å²) in [6.07, 6.45) is 0. The van der Waals surface area contributed by atoms with E-state index in [1.165, 1.54) is 0 Å². The van der Waals surface area contributed by atoms with Gasteiger partial charge in [0.05, 0.1) is 12.5 Å². The van der Waals surface area contributed by atoms with E-state index in [0.29, 0.717) is 28.0 Å². The van der Waals surface area contributed by atoms with Gasteiger partial charge in [0.15, 0.2) is 6.61 Å². The molecular formula is C28H21NO5. The predicted molar refractivity (Wildman–Crippen MR) is 133 cm³/mol. The maximum absolute atomic E-state index is 13.3. The molecular weight excluding hydrogens is 430 g/mol. The Morgan fingerprint density at radius 1 is 0.853 bits per heavy atom. The molecule has 1 aromatic heterocycles. The van der Waals surface area contributed by atoms with Crippen molar-refractivity contribution in [2.45, 2.75) is 0 Å². The molecule has 34 heavy (non-hydrogen) atoms. The number of methoxy groups -OCH3 is 1. The second-order valence-electron chi connectivity index (χ2n) is 7.68. The lowest BCUT2D eigenvalue weighted by molar-refractivity contribution is -0.118. The molecule has 5 aromatic rings. The van der Waals surface area contributed by atoms with Crippen molar-refractivity contribution in [3.8, 4) is 22.8 Å². The molecule has 0 fully saturated rings. The molecule has 0 saturated carbocycles.